The van der Waals surface area contributed by atoms with E-state index in [1.165, 1.54) is 0 Å². The maximum absolute atomic E-state index is 11.1. The molecular weight excluding hydrogens is 168 g/mol. The van der Waals surface area contributed by atoms with Gasteiger partial charge in [0.1, 0.15) is 0 Å². The fourth-order valence-corrected chi connectivity index (χ4v) is 0.667. The SMILES string of the molecule is CC=C(C)C(=O)OCCC(C)OC. The molecule has 0 aromatic carbocycles. The average Bonchev–Trinajstić information content (AvgIpc) is 2.15. The number of ether oxygens (including phenoxy) is 2. The van der Waals surface area contributed by atoms with Crippen LogP contribution in [0.25, 0.3) is 0 Å². The number of allylic oxidation sites excluding steroid dienone is 1. The van der Waals surface area contributed by atoms with Crippen LogP contribution in [0.1, 0.15) is 27.2 Å². The minimum Gasteiger partial charge on any atom is -0.462 e. The van der Waals surface area contributed by atoms with Gasteiger partial charge in [-0.3, -0.25) is 0 Å². The van der Waals surface area contributed by atoms with Crippen LogP contribution in [0.4, 0.5) is 0 Å². The summed E-state index contributed by atoms with van der Waals surface area (Å²) in [6, 6.07) is 0. The van der Waals surface area contributed by atoms with E-state index in [0.717, 1.165) is 6.42 Å². The van der Waals surface area contributed by atoms with Crippen molar-refractivity contribution in [1.29, 1.82) is 0 Å². The Labute approximate surface area is 79.7 Å². The molecule has 1 unspecified atom stereocenters. The van der Waals surface area contributed by atoms with Crippen LogP contribution >= 0.6 is 0 Å². The van der Waals surface area contributed by atoms with E-state index in [-0.39, 0.29) is 12.1 Å². The smallest absolute Gasteiger partial charge is 0.333 e. The van der Waals surface area contributed by atoms with Crippen molar-refractivity contribution in [3.8, 4) is 0 Å². The van der Waals surface area contributed by atoms with Crippen molar-refractivity contribution >= 4 is 5.97 Å². The molecule has 0 spiro atoms. The lowest BCUT2D eigenvalue weighted by Gasteiger charge is -2.09. The van der Waals surface area contributed by atoms with E-state index in [4.69, 9.17) is 9.47 Å². The topological polar surface area (TPSA) is 35.5 Å². The third-order valence-corrected chi connectivity index (χ3v) is 1.91. The Morgan fingerprint density at radius 3 is 2.62 bits per heavy atom. The standard InChI is InChI=1S/C10H18O3/c1-5-8(2)10(11)13-7-6-9(3)12-4/h5,9H,6-7H2,1-4H3. The van der Waals surface area contributed by atoms with Crippen LogP contribution in [0, 0.1) is 0 Å². The molecule has 0 heterocycles. The van der Waals surface area contributed by atoms with E-state index >= 15 is 0 Å². The van der Waals surface area contributed by atoms with Crippen molar-refractivity contribution in [2.75, 3.05) is 13.7 Å². The maximum Gasteiger partial charge on any atom is 0.333 e. The van der Waals surface area contributed by atoms with Crippen molar-refractivity contribution in [1.82, 2.24) is 0 Å². The van der Waals surface area contributed by atoms with E-state index in [0.29, 0.717) is 12.2 Å². The van der Waals surface area contributed by atoms with Crippen LogP contribution in [0.5, 0.6) is 0 Å². The second kappa shape index (κ2) is 6.66. The highest BCUT2D eigenvalue weighted by Gasteiger charge is 2.05. The van der Waals surface area contributed by atoms with Gasteiger partial charge < -0.3 is 9.47 Å². The summed E-state index contributed by atoms with van der Waals surface area (Å²) >= 11 is 0. The molecule has 3 nitrogen and oxygen atoms in total. The zero-order valence-corrected chi connectivity index (χ0v) is 8.79. The predicted octanol–water partition coefficient (Wildman–Crippen LogP) is 1.92. The lowest BCUT2D eigenvalue weighted by molar-refractivity contribution is -0.139. The highest BCUT2D eigenvalue weighted by Crippen LogP contribution is 1.99. The van der Waals surface area contributed by atoms with Crippen molar-refractivity contribution < 1.29 is 14.3 Å². The largest absolute Gasteiger partial charge is 0.462 e. The van der Waals surface area contributed by atoms with E-state index in [1.54, 1.807) is 20.1 Å². The number of hydrogen-bond acceptors (Lipinski definition) is 3. The van der Waals surface area contributed by atoms with E-state index < -0.39 is 0 Å². The summed E-state index contributed by atoms with van der Waals surface area (Å²) in [5, 5.41) is 0. The van der Waals surface area contributed by atoms with E-state index in [2.05, 4.69) is 0 Å². The molecule has 3 heteroatoms. The van der Waals surface area contributed by atoms with Gasteiger partial charge >= 0.3 is 5.97 Å². The van der Waals surface area contributed by atoms with Gasteiger partial charge in [0.05, 0.1) is 12.7 Å². The zero-order valence-electron chi connectivity index (χ0n) is 8.79. The van der Waals surface area contributed by atoms with Crippen LogP contribution in [0.2, 0.25) is 0 Å². The molecule has 0 amide bonds. The fourth-order valence-electron chi connectivity index (χ4n) is 0.667. The highest BCUT2D eigenvalue weighted by molar-refractivity contribution is 5.87. The second-order valence-corrected chi connectivity index (χ2v) is 2.94. The molecule has 0 aliphatic carbocycles. The van der Waals surface area contributed by atoms with Crippen LogP contribution < -0.4 is 0 Å². The minimum absolute atomic E-state index is 0.138. The molecule has 0 fully saturated rings. The van der Waals surface area contributed by atoms with Crippen molar-refractivity contribution in [2.45, 2.75) is 33.3 Å². The average molecular weight is 186 g/mol. The lowest BCUT2D eigenvalue weighted by atomic mass is 10.3. The van der Waals surface area contributed by atoms with Gasteiger partial charge in [0, 0.05) is 19.1 Å². The summed E-state index contributed by atoms with van der Waals surface area (Å²) in [7, 11) is 1.64. The molecule has 0 saturated carbocycles. The Morgan fingerprint density at radius 2 is 2.15 bits per heavy atom. The van der Waals surface area contributed by atoms with Gasteiger partial charge in [-0.2, -0.15) is 0 Å². The third kappa shape index (κ3) is 5.42. The molecule has 0 aliphatic rings. The van der Waals surface area contributed by atoms with Gasteiger partial charge in [0.15, 0.2) is 0 Å². The first-order valence-corrected chi connectivity index (χ1v) is 4.44. The Kier molecular flexibility index (Phi) is 6.24. The number of rotatable bonds is 5. The first kappa shape index (κ1) is 12.2. The molecule has 0 bridgehead atoms. The lowest BCUT2D eigenvalue weighted by Crippen LogP contribution is -2.13. The van der Waals surface area contributed by atoms with Gasteiger partial charge in [-0.25, -0.2) is 4.79 Å². The number of carbonyl (C=O) groups excluding carboxylic acids is 1. The third-order valence-electron chi connectivity index (χ3n) is 1.91. The summed E-state index contributed by atoms with van der Waals surface area (Å²) in [5.41, 5.74) is 0.644. The zero-order chi connectivity index (χ0) is 10.3. The normalized spacial score (nSPS) is 14.0. The molecule has 0 rings (SSSR count). The van der Waals surface area contributed by atoms with Crippen molar-refractivity contribution in [3.63, 3.8) is 0 Å². The summed E-state index contributed by atoms with van der Waals surface area (Å²) in [6.45, 7) is 5.91. The van der Waals surface area contributed by atoms with Gasteiger partial charge in [-0.05, 0) is 20.8 Å². The molecule has 0 N–H and O–H groups in total. The summed E-state index contributed by atoms with van der Waals surface area (Å²) in [5.74, 6) is -0.245. The maximum atomic E-state index is 11.1. The van der Waals surface area contributed by atoms with Crippen molar-refractivity contribution in [3.05, 3.63) is 11.6 Å². The second-order valence-electron chi connectivity index (χ2n) is 2.94. The highest BCUT2D eigenvalue weighted by atomic mass is 16.5. The first-order chi connectivity index (χ1) is 6.11. The number of esters is 1. The van der Waals surface area contributed by atoms with Crippen molar-refractivity contribution in [2.24, 2.45) is 0 Å². The molecule has 0 aromatic rings. The molecule has 1 atom stereocenters. The van der Waals surface area contributed by atoms with E-state index in [1.807, 2.05) is 13.8 Å². The van der Waals surface area contributed by atoms with Gasteiger partial charge in [0.25, 0.3) is 0 Å². The Balaban J connectivity index is 3.60. The van der Waals surface area contributed by atoms with Crippen LogP contribution in [-0.4, -0.2) is 25.8 Å². The summed E-state index contributed by atoms with van der Waals surface area (Å²) < 4.78 is 9.99. The van der Waals surface area contributed by atoms with Crippen LogP contribution in [0.3, 0.4) is 0 Å². The number of carbonyl (C=O) groups is 1. The summed E-state index contributed by atoms with van der Waals surface area (Å²) in [4.78, 5) is 11.1. The minimum atomic E-state index is -0.245. The fraction of sp³-hybridized carbons (Fsp3) is 0.700. The molecule has 0 saturated heterocycles. The van der Waals surface area contributed by atoms with Gasteiger partial charge in [-0.15, -0.1) is 0 Å². The first-order valence-electron chi connectivity index (χ1n) is 4.44. The Bertz CT molecular complexity index is 185. The number of hydrogen-bond donors (Lipinski definition) is 0. The molecule has 0 radical (unpaired) electrons. The Hall–Kier alpha value is -0.830. The van der Waals surface area contributed by atoms with Gasteiger partial charge in [0.2, 0.25) is 0 Å². The predicted molar refractivity (Wildman–Crippen MR) is 51.5 cm³/mol. The summed E-state index contributed by atoms with van der Waals surface area (Å²) in [6.07, 6.45) is 2.61. The Morgan fingerprint density at radius 1 is 1.54 bits per heavy atom. The van der Waals surface area contributed by atoms with Crippen LogP contribution in [0.15, 0.2) is 11.6 Å². The molecular formula is C10H18O3. The van der Waals surface area contributed by atoms with Crippen LogP contribution in [-0.2, 0) is 14.3 Å². The number of methoxy groups -OCH3 is 1. The molecule has 76 valence electrons. The molecule has 0 aromatic heterocycles. The molecule has 13 heavy (non-hydrogen) atoms. The monoisotopic (exact) mass is 186 g/mol. The van der Waals surface area contributed by atoms with E-state index in [9.17, 15) is 4.79 Å². The quantitative estimate of drug-likeness (QED) is 0.486. The van der Waals surface area contributed by atoms with Gasteiger partial charge in [-0.1, -0.05) is 6.08 Å². The molecule has 0 aliphatic heterocycles.